The third kappa shape index (κ3) is 2.76. The van der Waals surface area contributed by atoms with Gasteiger partial charge >= 0.3 is 0 Å². The molecule has 0 spiro atoms. The fourth-order valence-corrected chi connectivity index (χ4v) is 2.79. The van der Waals surface area contributed by atoms with Crippen LogP contribution in [0.5, 0.6) is 0 Å². The zero-order valence-electron chi connectivity index (χ0n) is 11.1. The average Bonchev–Trinajstić information content (AvgIpc) is 2.33. The Hall–Kier alpha value is -0.440. The molecule has 2 atom stereocenters. The lowest BCUT2D eigenvalue weighted by atomic mass is 9.99. The van der Waals surface area contributed by atoms with Gasteiger partial charge in [-0.25, -0.2) is 0 Å². The Kier molecular flexibility index (Phi) is 4.41. The number of halogens is 2. The van der Waals surface area contributed by atoms with Gasteiger partial charge in [0, 0.05) is 25.2 Å². The van der Waals surface area contributed by atoms with Gasteiger partial charge in [-0.05, 0) is 25.0 Å². The molecule has 1 N–H and O–H groups in total. The lowest BCUT2D eigenvalue weighted by Crippen LogP contribution is -2.57. The SMILES string of the molecule is CC(C)C1CN(c2cccc(Cl)c2Cl)C(C)CN1. The molecule has 0 amide bonds. The van der Waals surface area contributed by atoms with Crippen LogP contribution < -0.4 is 10.2 Å². The first-order valence-electron chi connectivity index (χ1n) is 6.44. The van der Waals surface area contributed by atoms with Gasteiger partial charge in [-0.15, -0.1) is 0 Å². The van der Waals surface area contributed by atoms with E-state index in [-0.39, 0.29) is 0 Å². The van der Waals surface area contributed by atoms with Crippen LogP contribution >= 0.6 is 23.2 Å². The lowest BCUT2D eigenvalue weighted by Gasteiger charge is -2.42. The monoisotopic (exact) mass is 286 g/mol. The summed E-state index contributed by atoms with van der Waals surface area (Å²) in [5.41, 5.74) is 1.05. The van der Waals surface area contributed by atoms with Crippen molar-refractivity contribution in [3.63, 3.8) is 0 Å². The molecule has 1 aliphatic rings. The summed E-state index contributed by atoms with van der Waals surface area (Å²) in [4.78, 5) is 2.36. The molecule has 0 aromatic heterocycles. The Bertz CT molecular complexity index is 420. The van der Waals surface area contributed by atoms with Crippen molar-refractivity contribution in [1.29, 1.82) is 0 Å². The van der Waals surface area contributed by atoms with E-state index >= 15 is 0 Å². The van der Waals surface area contributed by atoms with Crippen LogP contribution in [0.4, 0.5) is 5.69 Å². The highest BCUT2D eigenvalue weighted by atomic mass is 35.5. The summed E-state index contributed by atoms with van der Waals surface area (Å²) in [5.74, 6) is 0.609. The minimum atomic E-state index is 0.427. The highest BCUT2D eigenvalue weighted by Gasteiger charge is 2.28. The standard InChI is InChI=1S/C14H20Cl2N2/c1-9(2)12-8-18(10(3)7-17-12)13-6-4-5-11(15)14(13)16/h4-6,9-10,12,17H,7-8H2,1-3H3. The van der Waals surface area contributed by atoms with Gasteiger partial charge in [0.25, 0.3) is 0 Å². The smallest absolute Gasteiger partial charge is 0.0825 e. The zero-order valence-corrected chi connectivity index (χ0v) is 12.6. The van der Waals surface area contributed by atoms with Crippen LogP contribution in [0.2, 0.25) is 10.0 Å². The van der Waals surface area contributed by atoms with Gasteiger partial charge in [0.05, 0.1) is 15.7 Å². The summed E-state index contributed by atoms with van der Waals surface area (Å²) in [5, 5.41) is 4.87. The van der Waals surface area contributed by atoms with E-state index in [0.717, 1.165) is 18.8 Å². The van der Waals surface area contributed by atoms with Crippen molar-refractivity contribution < 1.29 is 0 Å². The highest BCUT2D eigenvalue weighted by molar-refractivity contribution is 6.43. The molecule has 0 bridgehead atoms. The van der Waals surface area contributed by atoms with Crippen molar-refractivity contribution >= 4 is 28.9 Å². The molecule has 4 heteroatoms. The first-order valence-corrected chi connectivity index (χ1v) is 7.20. The number of hydrogen-bond donors (Lipinski definition) is 1. The van der Waals surface area contributed by atoms with Gasteiger partial charge < -0.3 is 10.2 Å². The molecule has 2 nitrogen and oxygen atoms in total. The van der Waals surface area contributed by atoms with E-state index in [2.05, 4.69) is 31.0 Å². The van der Waals surface area contributed by atoms with Crippen molar-refractivity contribution in [3.05, 3.63) is 28.2 Å². The Morgan fingerprint density at radius 3 is 2.72 bits per heavy atom. The Morgan fingerprint density at radius 2 is 2.06 bits per heavy atom. The summed E-state index contributed by atoms with van der Waals surface area (Å²) in [6.07, 6.45) is 0. The quantitative estimate of drug-likeness (QED) is 0.889. The molecule has 0 saturated carbocycles. The third-order valence-corrected chi connectivity index (χ3v) is 4.46. The Morgan fingerprint density at radius 1 is 1.33 bits per heavy atom. The van der Waals surface area contributed by atoms with Crippen molar-refractivity contribution in [2.24, 2.45) is 5.92 Å². The molecule has 0 radical (unpaired) electrons. The molecule has 1 aromatic carbocycles. The van der Waals surface area contributed by atoms with Crippen LogP contribution in [0.1, 0.15) is 20.8 Å². The summed E-state index contributed by atoms with van der Waals surface area (Å²) in [6.45, 7) is 8.64. The maximum Gasteiger partial charge on any atom is 0.0825 e. The van der Waals surface area contributed by atoms with Crippen LogP contribution in [0.3, 0.4) is 0 Å². The molecule has 18 heavy (non-hydrogen) atoms. The summed E-state index contributed by atoms with van der Waals surface area (Å²) in [6, 6.07) is 6.77. The second kappa shape index (κ2) is 5.68. The number of rotatable bonds is 2. The highest BCUT2D eigenvalue weighted by Crippen LogP contribution is 2.34. The molecule has 1 fully saturated rings. The lowest BCUT2D eigenvalue weighted by molar-refractivity contribution is 0.337. The van der Waals surface area contributed by atoms with E-state index in [1.165, 1.54) is 0 Å². The van der Waals surface area contributed by atoms with Gasteiger partial charge in [0.15, 0.2) is 0 Å². The van der Waals surface area contributed by atoms with E-state index < -0.39 is 0 Å². The first kappa shape index (κ1) is 14.0. The fraction of sp³-hybridized carbons (Fsp3) is 0.571. The van der Waals surface area contributed by atoms with E-state index in [1.54, 1.807) is 0 Å². The molecule has 100 valence electrons. The minimum Gasteiger partial charge on any atom is -0.365 e. The largest absolute Gasteiger partial charge is 0.365 e. The third-order valence-electron chi connectivity index (χ3n) is 3.65. The molecule has 1 aliphatic heterocycles. The molecular weight excluding hydrogens is 267 g/mol. The van der Waals surface area contributed by atoms with E-state index in [0.29, 0.717) is 28.0 Å². The molecule has 2 rings (SSSR count). The molecular formula is C14H20Cl2N2. The Balaban J connectivity index is 2.27. The van der Waals surface area contributed by atoms with Crippen molar-refractivity contribution in [1.82, 2.24) is 5.32 Å². The molecule has 0 aliphatic carbocycles. The van der Waals surface area contributed by atoms with Gasteiger partial charge in [-0.3, -0.25) is 0 Å². The maximum atomic E-state index is 6.33. The van der Waals surface area contributed by atoms with Crippen LogP contribution in [-0.2, 0) is 0 Å². The number of nitrogens with one attached hydrogen (secondary N) is 1. The van der Waals surface area contributed by atoms with Gasteiger partial charge in [0.2, 0.25) is 0 Å². The molecule has 1 heterocycles. The van der Waals surface area contributed by atoms with Gasteiger partial charge in [-0.2, -0.15) is 0 Å². The van der Waals surface area contributed by atoms with Crippen LogP contribution in [0, 0.1) is 5.92 Å². The topological polar surface area (TPSA) is 15.3 Å². The molecule has 2 unspecified atom stereocenters. The van der Waals surface area contributed by atoms with E-state index in [4.69, 9.17) is 23.2 Å². The fourth-order valence-electron chi connectivity index (χ4n) is 2.39. The number of benzene rings is 1. The number of piperazine rings is 1. The number of hydrogen-bond acceptors (Lipinski definition) is 2. The summed E-state index contributed by atoms with van der Waals surface area (Å²) >= 11 is 12.4. The Labute approximate surface area is 119 Å². The van der Waals surface area contributed by atoms with E-state index in [1.807, 2.05) is 18.2 Å². The summed E-state index contributed by atoms with van der Waals surface area (Å²) < 4.78 is 0. The number of anilines is 1. The molecule has 1 saturated heterocycles. The molecule has 1 aromatic rings. The summed E-state index contributed by atoms with van der Waals surface area (Å²) in [7, 11) is 0. The van der Waals surface area contributed by atoms with Crippen molar-refractivity contribution in [3.8, 4) is 0 Å². The number of nitrogens with zero attached hydrogens (tertiary/aromatic N) is 1. The maximum absolute atomic E-state index is 6.33. The predicted octanol–water partition coefficient (Wildman–Crippen LogP) is 3.82. The first-order chi connectivity index (χ1) is 8.50. The van der Waals surface area contributed by atoms with Crippen LogP contribution in [0.25, 0.3) is 0 Å². The van der Waals surface area contributed by atoms with E-state index in [9.17, 15) is 0 Å². The van der Waals surface area contributed by atoms with Crippen molar-refractivity contribution in [2.75, 3.05) is 18.0 Å². The predicted molar refractivity (Wildman–Crippen MR) is 79.9 cm³/mol. The van der Waals surface area contributed by atoms with Crippen LogP contribution in [-0.4, -0.2) is 25.2 Å². The normalized spacial score (nSPS) is 24.7. The second-order valence-corrected chi connectivity index (χ2v) is 6.12. The zero-order chi connectivity index (χ0) is 13.3. The second-order valence-electron chi connectivity index (χ2n) is 5.33. The van der Waals surface area contributed by atoms with Gasteiger partial charge in [0.1, 0.15) is 0 Å². The van der Waals surface area contributed by atoms with Gasteiger partial charge in [-0.1, -0.05) is 43.1 Å². The van der Waals surface area contributed by atoms with Crippen LogP contribution in [0.15, 0.2) is 18.2 Å². The average molecular weight is 287 g/mol. The van der Waals surface area contributed by atoms with Crippen molar-refractivity contribution in [2.45, 2.75) is 32.9 Å². The minimum absolute atomic E-state index is 0.427.